The first-order valence-corrected chi connectivity index (χ1v) is 6.95. The summed E-state index contributed by atoms with van der Waals surface area (Å²) >= 11 is 0. The van der Waals surface area contributed by atoms with E-state index in [1.165, 1.54) is 31.4 Å². The number of nitrogens with zero attached hydrogens (tertiary/aromatic N) is 4. The quantitative estimate of drug-likeness (QED) is 0.871. The van der Waals surface area contributed by atoms with Gasteiger partial charge in [-0.05, 0) is 53.3 Å². The third-order valence-electron chi connectivity index (χ3n) is 4.44. The van der Waals surface area contributed by atoms with Gasteiger partial charge in [-0.1, -0.05) is 13.3 Å². The third-order valence-corrected chi connectivity index (χ3v) is 4.44. The maximum Gasteiger partial charge on any atom is 0.184 e. The van der Waals surface area contributed by atoms with Gasteiger partial charge >= 0.3 is 0 Å². The molecular formula is C14H18FN5. The molecule has 20 heavy (non-hydrogen) atoms. The number of halogens is 1. The van der Waals surface area contributed by atoms with Gasteiger partial charge in [-0.2, -0.15) is 0 Å². The lowest BCUT2D eigenvalue weighted by molar-refractivity contribution is 0.0948. The van der Waals surface area contributed by atoms with Crippen molar-refractivity contribution >= 4 is 5.69 Å². The average molecular weight is 275 g/mol. The van der Waals surface area contributed by atoms with E-state index in [4.69, 9.17) is 5.73 Å². The van der Waals surface area contributed by atoms with Crippen LogP contribution in [-0.2, 0) is 6.54 Å². The highest BCUT2D eigenvalue weighted by Crippen LogP contribution is 2.45. The smallest absolute Gasteiger partial charge is 0.184 e. The van der Waals surface area contributed by atoms with E-state index in [2.05, 4.69) is 22.4 Å². The van der Waals surface area contributed by atoms with E-state index in [1.54, 1.807) is 10.7 Å². The van der Waals surface area contributed by atoms with Crippen LogP contribution in [0.25, 0.3) is 11.4 Å². The molecule has 2 N–H and O–H groups in total. The summed E-state index contributed by atoms with van der Waals surface area (Å²) in [5.41, 5.74) is 7.22. The number of nitrogens with two attached hydrogens (primary N) is 1. The second-order valence-electron chi connectivity index (χ2n) is 5.60. The zero-order chi connectivity index (χ0) is 14.2. The molecule has 1 aromatic heterocycles. The molecule has 0 aliphatic heterocycles. The molecule has 3 rings (SSSR count). The van der Waals surface area contributed by atoms with Crippen LogP contribution >= 0.6 is 0 Å². The maximum absolute atomic E-state index is 13.1. The molecule has 1 aromatic carbocycles. The Balaban J connectivity index is 1.93. The number of tetrazole rings is 1. The monoisotopic (exact) mass is 275 g/mol. The number of aromatic nitrogens is 4. The van der Waals surface area contributed by atoms with Crippen molar-refractivity contribution in [2.45, 2.75) is 39.2 Å². The maximum atomic E-state index is 13.1. The van der Waals surface area contributed by atoms with E-state index in [1.807, 2.05) is 0 Å². The van der Waals surface area contributed by atoms with Gasteiger partial charge in [-0.3, -0.25) is 0 Å². The number of nitrogen functional groups attached to an aromatic ring is 1. The predicted molar refractivity (Wildman–Crippen MR) is 74.2 cm³/mol. The highest BCUT2D eigenvalue weighted by Gasteiger charge is 2.36. The van der Waals surface area contributed by atoms with Gasteiger partial charge in [0.05, 0.1) is 6.54 Å². The Labute approximate surface area is 117 Å². The Morgan fingerprint density at radius 3 is 2.80 bits per heavy atom. The molecule has 5 nitrogen and oxygen atoms in total. The summed E-state index contributed by atoms with van der Waals surface area (Å²) < 4.78 is 14.9. The average Bonchev–Trinajstić information content (AvgIpc) is 2.82. The standard InChI is InChI=1S/C14H18FN5/c1-2-14(6-3-7-14)9-20-13(17-18-19-20)11-5-4-10(15)8-12(11)16/h4-5,8H,2-3,6-7,9,16H2,1H3. The molecule has 1 aliphatic rings. The van der Waals surface area contributed by atoms with Crippen molar-refractivity contribution in [2.24, 2.45) is 5.41 Å². The topological polar surface area (TPSA) is 69.6 Å². The molecule has 1 heterocycles. The lowest BCUT2D eigenvalue weighted by atomic mass is 9.67. The molecule has 6 heteroatoms. The summed E-state index contributed by atoms with van der Waals surface area (Å²) in [6.45, 7) is 3.00. The van der Waals surface area contributed by atoms with Gasteiger partial charge in [0.15, 0.2) is 5.82 Å². The van der Waals surface area contributed by atoms with Crippen molar-refractivity contribution in [3.05, 3.63) is 24.0 Å². The summed E-state index contributed by atoms with van der Waals surface area (Å²) in [6.07, 6.45) is 4.80. The summed E-state index contributed by atoms with van der Waals surface area (Å²) in [7, 11) is 0. The minimum Gasteiger partial charge on any atom is -0.398 e. The van der Waals surface area contributed by atoms with Gasteiger partial charge in [0.25, 0.3) is 0 Å². The molecule has 0 amide bonds. The second kappa shape index (κ2) is 4.85. The SMILES string of the molecule is CCC1(Cn2nnnc2-c2ccc(F)cc2N)CCC1. The van der Waals surface area contributed by atoms with Crippen LogP contribution in [-0.4, -0.2) is 20.2 Å². The van der Waals surface area contributed by atoms with Gasteiger partial charge < -0.3 is 5.73 Å². The lowest BCUT2D eigenvalue weighted by Crippen LogP contribution is -2.34. The Bertz CT molecular complexity index is 612. The largest absolute Gasteiger partial charge is 0.398 e. The Morgan fingerprint density at radius 1 is 1.40 bits per heavy atom. The van der Waals surface area contributed by atoms with Gasteiger partial charge in [-0.25, -0.2) is 9.07 Å². The predicted octanol–water partition coefficient (Wildman–Crippen LogP) is 2.64. The first-order valence-electron chi connectivity index (χ1n) is 6.95. The fraction of sp³-hybridized carbons (Fsp3) is 0.500. The van der Waals surface area contributed by atoms with E-state index < -0.39 is 0 Å². The van der Waals surface area contributed by atoms with Crippen LogP contribution in [0.1, 0.15) is 32.6 Å². The van der Waals surface area contributed by atoms with Crippen LogP contribution in [0.2, 0.25) is 0 Å². The Morgan fingerprint density at radius 2 is 2.20 bits per heavy atom. The molecule has 0 atom stereocenters. The molecular weight excluding hydrogens is 257 g/mol. The molecule has 106 valence electrons. The van der Waals surface area contributed by atoms with Crippen LogP contribution in [0.3, 0.4) is 0 Å². The molecule has 2 aromatic rings. The van der Waals surface area contributed by atoms with E-state index in [0.29, 0.717) is 22.5 Å². The normalized spacial score (nSPS) is 16.9. The van der Waals surface area contributed by atoms with E-state index in [-0.39, 0.29) is 5.82 Å². The zero-order valence-corrected chi connectivity index (χ0v) is 11.5. The number of hydrogen-bond acceptors (Lipinski definition) is 4. The third kappa shape index (κ3) is 2.15. The zero-order valence-electron chi connectivity index (χ0n) is 11.5. The first-order chi connectivity index (χ1) is 9.63. The highest BCUT2D eigenvalue weighted by molar-refractivity contribution is 5.71. The second-order valence-corrected chi connectivity index (χ2v) is 5.60. The molecule has 0 saturated heterocycles. The molecule has 1 saturated carbocycles. The summed E-state index contributed by atoms with van der Waals surface area (Å²) in [5.74, 6) is 0.261. The van der Waals surface area contributed by atoms with Crippen LogP contribution in [0.5, 0.6) is 0 Å². The number of anilines is 1. The number of hydrogen-bond donors (Lipinski definition) is 1. The van der Waals surface area contributed by atoms with Crippen molar-refractivity contribution in [2.75, 3.05) is 5.73 Å². The molecule has 1 fully saturated rings. The van der Waals surface area contributed by atoms with Crippen molar-refractivity contribution < 1.29 is 4.39 Å². The molecule has 1 aliphatic carbocycles. The minimum absolute atomic E-state index is 0.304. The van der Waals surface area contributed by atoms with E-state index >= 15 is 0 Å². The van der Waals surface area contributed by atoms with Crippen LogP contribution in [0, 0.1) is 11.2 Å². The highest BCUT2D eigenvalue weighted by atomic mass is 19.1. The molecule has 0 spiro atoms. The summed E-state index contributed by atoms with van der Waals surface area (Å²) in [4.78, 5) is 0. The minimum atomic E-state index is -0.353. The molecule has 0 unspecified atom stereocenters. The lowest BCUT2D eigenvalue weighted by Gasteiger charge is -2.41. The van der Waals surface area contributed by atoms with Crippen molar-refractivity contribution in [1.29, 1.82) is 0 Å². The van der Waals surface area contributed by atoms with Gasteiger partial charge in [0.1, 0.15) is 5.82 Å². The van der Waals surface area contributed by atoms with Crippen molar-refractivity contribution in [3.8, 4) is 11.4 Å². The first kappa shape index (κ1) is 13.0. The van der Waals surface area contributed by atoms with Gasteiger partial charge in [0, 0.05) is 11.3 Å². The molecule has 0 radical (unpaired) electrons. The van der Waals surface area contributed by atoms with Gasteiger partial charge in [-0.15, -0.1) is 5.10 Å². The van der Waals surface area contributed by atoms with Gasteiger partial charge in [0.2, 0.25) is 0 Å². The summed E-state index contributed by atoms with van der Waals surface area (Å²) in [5, 5.41) is 11.9. The van der Waals surface area contributed by atoms with Crippen LogP contribution in [0.4, 0.5) is 10.1 Å². The Hall–Kier alpha value is -1.98. The Kier molecular flexibility index (Phi) is 3.16. The fourth-order valence-corrected chi connectivity index (χ4v) is 2.86. The number of benzene rings is 1. The van der Waals surface area contributed by atoms with Crippen LogP contribution in [0.15, 0.2) is 18.2 Å². The number of rotatable bonds is 4. The summed E-state index contributed by atoms with van der Waals surface area (Å²) in [6, 6.07) is 4.31. The molecule has 0 bridgehead atoms. The van der Waals surface area contributed by atoms with E-state index in [9.17, 15) is 4.39 Å². The fourth-order valence-electron chi connectivity index (χ4n) is 2.86. The van der Waals surface area contributed by atoms with E-state index in [0.717, 1.165) is 13.0 Å². The van der Waals surface area contributed by atoms with Crippen LogP contribution < -0.4 is 5.73 Å². The van der Waals surface area contributed by atoms with Crippen molar-refractivity contribution in [3.63, 3.8) is 0 Å². The van der Waals surface area contributed by atoms with Crippen molar-refractivity contribution in [1.82, 2.24) is 20.2 Å².